The molecule has 3 rings (SSSR count). The molecule has 0 aromatic heterocycles. The summed E-state index contributed by atoms with van der Waals surface area (Å²) in [6, 6.07) is 13.1. The first-order valence-corrected chi connectivity index (χ1v) is 17.7. The van der Waals surface area contributed by atoms with Crippen molar-refractivity contribution in [3.63, 3.8) is 0 Å². The number of imide groups is 1. The van der Waals surface area contributed by atoms with Crippen molar-refractivity contribution in [3.05, 3.63) is 77.9 Å². The van der Waals surface area contributed by atoms with Crippen LogP contribution in [0.1, 0.15) is 43.2 Å². The molecule has 19 nitrogen and oxygen atoms in total. The van der Waals surface area contributed by atoms with Gasteiger partial charge >= 0.3 is 6.09 Å². The Morgan fingerprint density at radius 1 is 0.714 bits per heavy atom. The summed E-state index contributed by atoms with van der Waals surface area (Å²) >= 11 is 0. The third kappa shape index (κ3) is 16.6. The minimum Gasteiger partial charge on any atom is -0.445 e. The lowest BCUT2D eigenvalue weighted by Gasteiger charge is -2.19. The largest absolute Gasteiger partial charge is 0.445 e. The van der Waals surface area contributed by atoms with Crippen molar-refractivity contribution in [3.8, 4) is 0 Å². The van der Waals surface area contributed by atoms with Gasteiger partial charge in [-0.2, -0.15) is 0 Å². The fraction of sp³-hybridized carbons (Fsp3) is 0.378. The second-order valence-electron chi connectivity index (χ2n) is 12.6. The molecule has 2 aromatic rings. The second-order valence-corrected chi connectivity index (χ2v) is 12.6. The number of nitrogens with two attached hydrogens (primary N) is 1. The summed E-state index contributed by atoms with van der Waals surface area (Å²) in [4.78, 5) is 110. The predicted molar refractivity (Wildman–Crippen MR) is 199 cm³/mol. The van der Waals surface area contributed by atoms with Crippen molar-refractivity contribution < 1.29 is 53.0 Å². The van der Waals surface area contributed by atoms with Crippen molar-refractivity contribution in [1.82, 2.24) is 31.5 Å². The Labute approximate surface area is 322 Å². The molecule has 300 valence electrons. The number of alkyl carbamates (subject to hydrolysis) is 1. The number of ether oxygens (including phenoxy) is 1. The smallest absolute Gasteiger partial charge is 0.407 e. The Kier molecular flexibility index (Phi) is 18.1. The SMILES string of the molecule is NC(=O)C[C@H](CO)NC(=O)OCc1ccc(NC(=O)CNC(=O)[C@H](Cc2ccccc2)NC(=O)CNC(=O)CNC(=O)CCCCCN2C(=O)C=CC2=O)cc1. The van der Waals surface area contributed by atoms with Gasteiger partial charge in [0.2, 0.25) is 35.4 Å². The van der Waals surface area contributed by atoms with Gasteiger partial charge in [0.05, 0.1) is 32.3 Å². The van der Waals surface area contributed by atoms with Gasteiger partial charge < -0.3 is 47.5 Å². The molecule has 1 heterocycles. The number of nitrogens with one attached hydrogen (secondary N) is 6. The number of nitrogens with zero attached hydrogens (tertiary/aromatic N) is 1. The standard InChI is InChI=1S/C37H46N8O11/c38-29(47)18-27(22-46)43-37(55)56-23-25-10-12-26(13-11-25)42-32(50)21-41-36(54)28(17-24-7-3-1-4-8-24)44-33(51)20-40-31(49)19-39-30(48)9-5-2-6-16-45-34(52)14-15-35(45)53/h1,3-4,7-8,10-15,27-28,46H,2,5-6,9,16-23H2,(H2,38,47)(H,39,48)(H,40,49)(H,41,54)(H,42,50)(H,43,55)(H,44,51)/t27-,28+/m1/s1. The number of aliphatic hydroxyl groups excluding tert-OH is 1. The minimum absolute atomic E-state index is 0.0823. The van der Waals surface area contributed by atoms with Crippen molar-refractivity contribution >= 4 is 59.0 Å². The maximum atomic E-state index is 13.1. The first-order chi connectivity index (χ1) is 26.8. The van der Waals surface area contributed by atoms with Crippen LogP contribution in [0, 0.1) is 0 Å². The number of hydrogen-bond donors (Lipinski definition) is 8. The first-order valence-electron chi connectivity index (χ1n) is 17.7. The van der Waals surface area contributed by atoms with E-state index in [4.69, 9.17) is 10.5 Å². The zero-order chi connectivity index (χ0) is 40.9. The molecule has 2 atom stereocenters. The molecule has 0 aliphatic carbocycles. The van der Waals surface area contributed by atoms with Crippen molar-refractivity contribution in [1.29, 1.82) is 0 Å². The van der Waals surface area contributed by atoms with Crippen LogP contribution in [-0.2, 0) is 56.1 Å². The maximum absolute atomic E-state index is 13.1. The lowest BCUT2D eigenvalue weighted by Crippen LogP contribution is -2.52. The Hall–Kier alpha value is -6.63. The van der Waals surface area contributed by atoms with Crippen molar-refractivity contribution in [2.75, 3.05) is 38.1 Å². The van der Waals surface area contributed by atoms with E-state index < -0.39 is 67.4 Å². The normalized spacial score (nSPS) is 12.9. The molecule has 0 bridgehead atoms. The fourth-order valence-electron chi connectivity index (χ4n) is 5.14. The molecule has 0 saturated heterocycles. The van der Waals surface area contributed by atoms with Gasteiger partial charge in [0.25, 0.3) is 11.8 Å². The number of aliphatic hydroxyl groups is 1. The van der Waals surface area contributed by atoms with E-state index in [1.54, 1.807) is 54.6 Å². The highest BCUT2D eigenvalue weighted by molar-refractivity contribution is 6.12. The molecule has 0 unspecified atom stereocenters. The number of amides is 9. The highest BCUT2D eigenvalue weighted by atomic mass is 16.5. The van der Waals surface area contributed by atoms with Crippen LogP contribution in [0.4, 0.5) is 10.5 Å². The summed E-state index contributed by atoms with van der Waals surface area (Å²) in [7, 11) is 0. The van der Waals surface area contributed by atoms with E-state index in [0.717, 1.165) is 10.5 Å². The molecule has 0 saturated carbocycles. The Balaban J connectivity index is 1.38. The molecule has 19 heteroatoms. The van der Waals surface area contributed by atoms with E-state index in [1.807, 2.05) is 0 Å². The Morgan fingerprint density at radius 2 is 1.36 bits per heavy atom. The molecule has 56 heavy (non-hydrogen) atoms. The Morgan fingerprint density at radius 3 is 2.02 bits per heavy atom. The summed E-state index contributed by atoms with van der Waals surface area (Å²) < 4.78 is 5.07. The molecule has 1 aliphatic heterocycles. The van der Waals surface area contributed by atoms with E-state index in [0.29, 0.717) is 30.5 Å². The summed E-state index contributed by atoms with van der Waals surface area (Å²) in [5.74, 6) is -4.35. The maximum Gasteiger partial charge on any atom is 0.407 e. The van der Waals surface area contributed by atoms with Gasteiger partial charge in [-0.25, -0.2) is 4.79 Å². The minimum atomic E-state index is -1.10. The molecule has 0 radical (unpaired) electrons. The number of carbonyl (C=O) groups is 9. The van der Waals surface area contributed by atoms with E-state index in [2.05, 4.69) is 31.9 Å². The summed E-state index contributed by atoms with van der Waals surface area (Å²) in [6.07, 6.45) is 3.11. The van der Waals surface area contributed by atoms with E-state index >= 15 is 0 Å². The fourth-order valence-corrected chi connectivity index (χ4v) is 5.14. The van der Waals surface area contributed by atoms with E-state index in [-0.39, 0.29) is 56.7 Å². The lowest BCUT2D eigenvalue weighted by atomic mass is 10.1. The first kappa shape index (κ1) is 43.8. The number of primary amides is 1. The monoisotopic (exact) mass is 778 g/mol. The van der Waals surface area contributed by atoms with Crippen LogP contribution >= 0.6 is 0 Å². The van der Waals surface area contributed by atoms with Gasteiger partial charge in [-0.15, -0.1) is 0 Å². The van der Waals surface area contributed by atoms with E-state index in [9.17, 15) is 48.3 Å². The summed E-state index contributed by atoms with van der Waals surface area (Å²) in [6.45, 7) is -1.68. The van der Waals surface area contributed by atoms with Gasteiger partial charge in [-0.1, -0.05) is 48.9 Å². The van der Waals surface area contributed by atoms with Crippen LogP contribution in [0.15, 0.2) is 66.7 Å². The van der Waals surface area contributed by atoms with Crippen molar-refractivity contribution in [2.24, 2.45) is 5.73 Å². The van der Waals surface area contributed by atoms with Crippen LogP contribution in [0.25, 0.3) is 0 Å². The van der Waals surface area contributed by atoms with Crippen LogP contribution < -0.4 is 37.6 Å². The Bertz CT molecular complexity index is 1730. The molecule has 9 amide bonds. The topological polar surface area (TPSA) is 285 Å². The number of rotatable bonds is 23. The van der Waals surface area contributed by atoms with Gasteiger partial charge in [-0.3, -0.25) is 43.3 Å². The molecule has 0 fully saturated rings. The molecule has 2 aromatic carbocycles. The van der Waals surface area contributed by atoms with Crippen LogP contribution in [-0.4, -0.2) is 108 Å². The average molecular weight is 779 g/mol. The highest BCUT2D eigenvalue weighted by Crippen LogP contribution is 2.11. The second kappa shape index (κ2) is 23.2. The van der Waals surface area contributed by atoms with Gasteiger partial charge in [0.1, 0.15) is 12.6 Å². The highest BCUT2D eigenvalue weighted by Gasteiger charge is 2.24. The zero-order valence-electron chi connectivity index (χ0n) is 30.5. The average Bonchev–Trinajstić information content (AvgIpc) is 3.50. The number of carbonyl (C=O) groups excluding carboxylic acids is 9. The quantitative estimate of drug-likeness (QED) is 0.0482. The summed E-state index contributed by atoms with van der Waals surface area (Å²) in [5, 5.41) is 24.1. The number of unbranched alkanes of at least 4 members (excludes halogenated alkanes) is 2. The number of anilines is 1. The van der Waals surface area contributed by atoms with Gasteiger partial charge in [-0.05, 0) is 36.1 Å². The molecular weight excluding hydrogens is 732 g/mol. The summed E-state index contributed by atoms with van der Waals surface area (Å²) in [5.41, 5.74) is 6.74. The van der Waals surface area contributed by atoms with Gasteiger partial charge in [0.15, 0.2) is 0 Å². The molecule has 1 aliphatic rings. The molecular formula is C37H46N8O11. The predicted octanol–water partition coefficient (Wildman–Crippen LogP) is -1.35. The third-order valence-electron chi connectivity index (χ3n) is 8.03. The van der Waals surface area contributed by atoms with Crippen molar-refractivity contribution in [2.45, 2.75) is 57.2 Å². The number of hydrogen-bond acceptors (Lipinski definition) is 11. The van der Waals surface area contributed by atoms with Gasteiger partial charge in [0, 0.05) is 43.6 Å². The zero-order valence-corrected chi connectivity index (χ0v) is 30.5. The lowest BCUT2D eigenvalue weighted by molar-refractivity contribution is -0.137. The molecule has 9 N–H and O–H groups in total. The van der Waals surface area contributed by atoms with Crippen LogP contribution in [0.5, 0.6) is 0 Å². The third-order valence-corrected chi connectivity index (χ3v) is 8.03. The molecule has 0 spiro atoms. The van der Waals surface area contributed by atoms with Crippen LogP contribution in [0.2, 0.25) is 0 Å². The van der Waals surface area contributed by atoms with E-state index in [1.165, 1.54) is 12.2 Å². The van der Waals surface area contributed by atoms with Crippen LogP contribution in [0.3, 0.4) is 0 Å². The number of benzene rings is 2.